The van der Waals surface area contributed by atoms with Crippen LogP contribution in [-0.2, 0) is 6.18 Å². The predicted octanol–water partition coefficient (Wildman–Crippen LogP) is 4.12. The normalized spacial score (nSPS) is 10.7. The molecule has 0 aliphatic rings. The van der Waals surface area contributed by atoms with E-state index in [-0.39, 0.29) is 0 Å². The van der Waals surface area contributed by atoms with Crippen LogP contribution in [0.15, 0.2) is 42.5 Å². The van der Waals surface area contributed by atoms with Gasteiger partial charge in [-0.3, -0.25) is 0 Å². The molecule has 0 N–H and O–H groups in total. The Morgan fingerprint density at radius 2 is 1.30 bits per heavy atom. The Hall–Kier alpha value is -2.79. The highest BCUT2D eigenvalue weighted by Crippen LogP contribution is 2.36. The van der Waals surface area contributed by atoms with E-state index in [1.54, 1.807) is 30.3 Å². The number of nitrogens with zero attached hydrogens (tertiary/aromatic N) is 2. The number of hydrogen-bond donors (Lipinski definition) is 0. The highest BCUT2D eigenvalue weighted by Gasteiger charge is 2.37. The molecule has 0 aromatic heterocycles. The van der Waals surface area contributed by atoms with E-state index in [0.717, 1.165) is 12.1 Å². The van der Waals surface area contributed by atoms with Gasteiger partial charge in [0.15, 0.2) is 0 Å². The highest BCUT2D eigenvalue weighted by molar-refractivity contribution is 5.69. The highest BCUT2D eigenvalue weighted by atomic mass is 19.4. The Morgan fingerprint density at radius 3 is 1.70 bits per heavy atom. The molecule has 0 saturated heterocycles. The minimum absolute atomic E-state index is 0.409. The maximum absolute atomic E-state index is 12.9. The maximum Gasteiger partial charge on any atom is 0.418 e. The second-order valence-corrected chi connectivity index (χ2v) is 4.03. The molecule has 0 spiro atoms. The Labute approximate surface area is 113 Å². The summed E-state index contributed by atoms with van der Waals surface area (Å²) < 4.78 is 38.7. The first-order chi connectivity index (χ1) is 9.47. The van der Waals surface area contributed by atoms with E-state index < -0.39 is 22.9 Å². The molecule has 0 fully saturated rings. The molecule has 2 aromatic rings. The number of hydrogen-bond acceptors (Lipinski definition) is 2. The number of rotatable bonds is 1. The van der Waals surface area contributed by atoms with Crippen molar-refractivity contribution in [2.45, 2.75) is 6.18 Å². The molecule has 5 heteroatoms. The van der Waals surface area contributed by atoms with Gasteiger partial charge in [0.1, 0.15) is 0 Å². The van der Waals surface area contributed by atoms with Crippen molar-refractivity contribution < 1.29 is 13.2 Å². The van der Waals surface area contributed by atoms with Crippen molar-refractivity contribution >= 4 is 0 Å². The molecule has 0 heterocycles. The number of nitriles is 2. The van der Waals surface area contributed by atoms with Gasteiger partial charge in [-0.2, -0.15) is 23.7 Å². The number of benzene rings is 2. The van der Waals surface area contributed by atoms with Crippen LogP contribution in [0.4, 0.5) is 13.2 Å². The van der Waals surface area contributed by atoms with Gasteiger partial charge < -0.3 is 0 Å². The van der Waals surface area contributed by atoms with Gasteiger partial charge in [-0.25, -0.2) is 0 Å². The average Bonchev–Trinajstić information content (AvgIpc) is 2.45. The van der Waals surface area contributed by atoms with Crippen LogP contribution in [0.3, 0.4) is 0 Å². The van der Waals surface area contributed by atoms with Gasteiger partial charge >= 0.3 is 6.18 Å². The van der Waals surface area contributed by atoms with Crippen LogP contribution in [0.2, 0.25) is 0 Å². The van der Waals surface area contributed by atoms with E-state index in [9.17, 15) is 13.2 Å². The number of alkyl halides is 3. The summed E-state index contributed by atoms with van der Waals surface area (Å²) in [6.07, 6.45) is -4.73. The molecule has 0 aliphatic carbocycles. The van der Waals surface area contributed by atoms with Crippen LogP contribution in [0.1, 0.15) is 16.7 Å². The van der Waals surface area contributed by atoms with E-state index >= 15 is 0 Å². The molecular weight excluding hydrogens is 265 g/mol. The Kier molecular flexibility index (Phi) is 3.45. The van der Waals surface area contributed by atoms with Gasteiger partial charge in [0.25, 0.3) is 0 Å². The molecule has 0 saturated carbocycles. The molecule has 98 valence electrons. The standard InChI is InChI=1S/C15H7F3N2/c16-15(17,18)14-12(8-19)6-11(7-13(14)9-20)10-4-2-1-3-5-10/h1-7H. The fraction of sp³-hybridized carbons (Fsp3) is 0.0667. The van der Waals surface area contributed by atoms with Gasteiger partial charge in [0, 0.05) is 0 Å². The zero-order valence-electron chi connectivity index (χ0n) is 10.1. The third kappa shape index (κ3) is 2.48. The summed E-state index contributed by atoms with van der Waals surface area (Å²) in [4.78, 5) is 0. The Balaban J connectivity index is 2.74. The zero-order chi connectivity index (χ0) is 14.8. The Morgan fingerprint density at radius 1 is 0.800 bits per heavy atom. The quantitative estimate of drug-likeness (QED) is 0.784. The molecule has 0 aliphatic heterocycles. The van der Waals surface area contributed by atoms with Crippen LogP contribution >= 0.6 is 0 Å². The van der Waals surface area contributed by atoms with Crippen molar-refractivity contribution in [3.63, 3.8) is 0 Å². The van der Waals surface area contributed by atoms with Crippen molar-refractivity contribution in [2.75, 3.05) is 0 Å². The molecular formula is C15H7F3N2. The van der Waals surface area contributed by atoms with E-state index in [4.69, 9.17) is 10.5 Å². The molecule has 0 radical (unpaired) electrons. The number of halogens is 3. The molecule has 0 unspecified atom stereocenters. The van der Waals surface area contributed by atoms with Crippen molar-refractivity contribution in [1.82, 2.24) is 0 Å². The zero-order valence-corrected chi connectivity index (χ0v) is 10.1. The van der Waals surface area contributed by atoms with Crippen LogP contribution in [0, 0.1) is 22.7 Å². The van der Waals surface area contributed by atoms with Gasteiger partial charge in [-0.15, -0.1) is 0 Å². The summed E-state index contributed by atoms with van der Waals surface area (Å²) in [7, 11) is 0. The monoisotopic (exact) mass is 272 g/mol. The lowest BCUT2D eigenvalue weighted by Gasteiger charge is -2.12. The van der Waals surface area contributed by atoms with Crippen LogP contribution in [0.5, 0.6) is 0 Å². The van der Waals surface area contributed by atoms with Crippen molar-refractivity contribution in [1.29, 1.82) is 10.5 Å². The van der Waals surface area contributed by atoms with E-state index in [2.05, 4.69) is 0 Å². The predicted molar refractivity (Wildman–Crippen MR) is 66.3 cm³/mol. The molecule has 0 atom stereocenters. The van der Waals surface area contributed by atoms with Crippen LogP contribution in [0.25, 0.3) is 11.1 Å². The second kappa shape index (κ2) is 5.07. The van der Waals surface area contributed by atoms with Crippen molar-refractivity contribution in [3.05, 3.63) is 59.2 Å². The van der Waals surface area contributed by atoms with E-state index in [0.29, 0.717) is 11.1 Å². The van der Waals surface area contributed by atoms with Gasteiger partial charge in [0.2, 0.25) is 0 Å². The summed E-state index contributed by atoms with van der Waals surface area (Å²) in [5.41, 5.74) is -1.21. The van der Waals surface area contributed by atoms with Crippen molar-refractivity contribution in [3.8, 4) is 23.3 Å². The fourth-order valence-electron chi connectivity index (χ4n) is 1.92. The van der Waals surface area contributed by atoms with Gasteiger partial charge in [0.05, 0.1) is 28.8 Å². The first-order valence-electron chi connectivity index (χ1n) is 5.58. The lowest BCUT2D eigenvalue weighted by molar-refractivity contribution is -0.137. The summed E-state index contributed by atoms with van der Waals surface area (Å²) in [5.74, 6) is 0. The first-order valence-corrected chi connectivity index (χ1v) is 5.58. The SMILES string of the molecule is N#Cc1cc(-c2ccccc2)cc(C#N)c1C(F)(F)F. The largest absolute Gasteiger partial charge is 0.418 e. The minimum atomic E-state index is -4.73. The van der Waals surface area contributed by atoms with Crippen molar-refractivity contribution in [2.24, 2.45) is 0 Å². The summed E-state index contributed by atoms with van der Waals surface area (Å²) in [5, 5.41) is 17.8. The topological polar surface area (TPSA) is 47.6 Å². The minimum Gasteiger partial charge on any atom is -0.192 e. The maximum atomic E-state index is 12.9. The molecule has 20 heavy (non-hydrogen) atoms. The van der Waals surface area contributed by atoms with E-state index in [1.807, 2.05) is 0 Å². The lowest BCUT2D eigenvalue weighted by Crippen LogP contribution is -2.11. The van der Waals surface area contributed by atoms with Gasteiger partial charge in [-0.1, -0.05) is 30.3 Å². The summed E-state index contributed by atoms with van der Waals surface area (Å²) in [6, 6.07) is 14.0. The van der Waals surface area contributed by atoms with E-state index in [1.165, 1.54) is 12.1 Å². The summed E-state index contributed by atoms with van der Waals surface area (Å²) >= 11 is 0. The van der Waals surface area contributed by atoms with Gasteiger partial charge in [-0.05, 0) is 23.3 Å². The molecule has 2 nitrogen and oxygen atoms in total. The van der Waals surface area contributed by atoms with Crippen LogP contribution < -0.4 is 0 Å². The third-order valence-electron chi connectivity index (χ3n) is 2.77. The second-order valence-electron chi connectivity index (χ2n) is 4.03. The third-order valence-corrected chi connectivity index (χ3v) is 2.77. The molecule has 2 rings (SSSR count). The fourth-order valence-corrected chi connectivity index (χ4v) is 1.92. The van der Waals surface area contributed by atoms with Crippen LogP contribution in [-0.4, -0.2) is 0 Å². The smallest absolute Gasteiger partial charge is 0.192 e. The Bertz CT molecular complexity index is 685. The summed E-state index contributed by atoms with van der Waals surface area (Å²) in [6.45, 7) is 0. The first kappa shape index (κ1) is 13.6. The lowest BCUT2D eigenvalue weighted by atomic mass is 9.95. The molecule has 2 aromatic carbocycles. The average molecular weight is 272 g/mol. The molecule has 0 amide bonds. The molecule has 0 bridgehead atoms.